The largest absolute Gasteiger partial charge is 0.383 e. The second kappa shape index (κ2) is 7.30. The summed E-state index contributed by atoms with van der Waals surface area (Å²) in [6.07, 6.45) is 1.13. The molecule has 96 valence electrons. The summed E-state index contributed by atoms with van der Waals surface area (Å²) in [5, 5.41) is 0. The molecule has 1 unspecified atom stereocenters. The van der Waals surface area contributed by atoms with E-state index in [0.29, 0.717) is 12.6 Å². The average Bonchev–Trinajstić information content (AvgIpc) is 2.39. The van der Waals surface area contributed by atoms with Gasteiger partial charge in [-0.2, -0.15) is 0 Å². The molecule has 17 heavy (non-hydrogen) atoms. The fourth-order valence-electron chi connectivity index (χ4n) is 1.84. The summed E-state index contributed by atoms with van der Waals surface area (Å²) in [6, 6.07) is 9.00. The predicted octanol–water partition coefficient (Wildman–Crippen LogP) is 2.40. The molecule has 0 amide bonds. The van der Waals surface area contributed by atoms with Crippen molar-refractivity contribution in [2.75, 3.05) is 25.2 Å². The van der Waals surface area contributed by atoms with E-state index < -0.39 is 0 Å². The first-order valence-corrected chi connectivity index (χ1v) is 6.27. The molecular weight excluding hydrogens is 212 g/mol. The molecule has 1 atom stereocenters. The van der Waals surface area contributed by atoms with Crippen LogP contribution < -0.4 is 10.6 Å². The minimum absolute atomic E-state index is 0.522. The fourth-order valence-corrected chi connectivity index (χ4v) is 1.84. The van der Waals surface area contributed by atoms with Gasteiger partial charge in [0.1, 0.15) is 0 Å². The molecular formula is C14H24N2O. The Morgan fingerprint density at radius 3 is 2.41 bits per heavy atom. The molecule has 3 nitrogen and oxygen atoms in total. The zero-order valence-electron chi connectivity index (χ0n) is 11.1. The Kier molecular flexibility index (Phi) is 6.01. The van der Waals surface area contributed by atoms with Crippen LogP contribution in [-0.4, -0.2) is 26.3 Å². The molecule has 0 aromatic heterocycles. The Labute approximate surface area is 105 Å². The van der Waals surface area contributed by atoms with Crippen LogP contribution in [0, 0.1) is 0 Å². The van der Waals surface area contributed by atoms with Crippen molar-refractivity contribution >= 4 is 5.69 Å². The number of nitrogens with zero attached hydrogens (tertiary/aromatic N) is 1. The summed E-state index contributed by atoms with van der Waals surface area (Å²) < 4.78 is 5.17. The number of nitrogens with two attached hydrogens (primary N) is 1. The molecule has 0 heterocycles. The molecule has 0 aliphatic rings. The average molecular weight is 236 g/mol. The Hall–Kier alpha value is -1.06. The summed E-state index contributed by atoms with van der Waals surface area (Å²) in [4.78, 5) is 2.38. The first-order chi connectivity index (χ1) is 8.22. The van der Waals surface area contributed by atoms with Gasteiger partial charge in [-0.15, -0.1) is 0 Å². The molecule has 0 aliphatic carbocycles. The highest BCUT2D eigenvalue weighted by atomic mass is 16.5. The molecule has 1 rings (SSSR count). The van der Waals surface area contributed by atoms with Gasteiger partial charge in [-0.25, -0.2) is 0 Å². The highest BCUT2D eigenvalue weighted by Crippen LogP contribution is 2.19. The smallest absolute Gasteiger partial charge is 0.0637 e. The number of hydrogen-bond donors (Lipinski definition) is 1. The van der Waals surface area contributed by atoms with Crippen molar-refractivity contribution in [3.8, 4) is 0 Å². The number of rotatable bonds is 7. The molecule has 0 aliphatic heterocycles. The topological polar surface area (TPSA) is 38.5 Å². The van der Waals surface area contributed by atoms with E-state index >= 15 is 0 Å². The minimum atomic E-state index is 0.522. The third-order valence-corrected chi connectivity index (χ3v) is 3.16. The van der Waals surface area contributed by atoms with Crippen LogP contribution in [0.5, 0.6) is 0 Å². The van der Waals surface area contributed by atoms with E-state index in [-0.39, 0.29) is 0 Å². The zero-order chi connectivity index (χ0) is 12.7. The summed E-state index contributed by atoms with van der Waals surface area (Å²) >= 11 is 0. The Morgan fingerprint density at radius 1 is 1.29 bits per heavy atom. The highest BCUT2D eigenvalue weighted by molar-refractivity contribution is 5.48. The quantitative estimate of drug-likeness (QED) is 0.790. The van der Waals surface area contributed by atoms with E-state index in [9.17, 15) is 0 Å². The number of hydrogen-bond acceptors (Lipinski definition) is 3. The minimum Gasteiger partial charge on any atom is -0.383 e. The first-order valence-electron chi connectivity index (χ1n) is 6.27. The van der Waals surface area contributed by atoms with E-state index in [4.69, 9.17) is 10.5 Å². The van der Waals surface area contributed by atoms with Crippen LogP contribution in [0.4, 0.5) is 5.69 Å². The van der Waals surface area contributed by atoms with Crippen LogP contribution in [0.25, 0.3) is 0 Å². The molecule has 0 spiro atoms. The molecule has 0 fully saturated rings. The maximum absolute atomic E-state index is 5.61. The Morgan fingerprint density at radius 2 is 1.94 bits per heavy atom. The van der Waals surface area contributed by atoms with Gasteiger partial charge >= 0.3 is 0 Å². The van der Waals surface area contributed by atoms with E-state index in [1.54, 1.807) is 7.11 Å². The lowest BCUT2D eigenvalue weighted by atomic mass is 10.1. The number of benzene rings is 1. The van der Waals surface area contributed by atoms with Crippen LogP contribution in [0.3, 0.4) is 0 Å². The third kappa shape index (κ3) is 4.02. The van der Waals surface area contributed by atoms with Crippen molar-refractivity contribution in [2.45, 2.75) is 32.9 Å². The van der Waals surface area contributed by atoms with Gasteiger partial charge in [0.15, 0.2) is 0 Å². The lowest BCUT2D eigenvalue weighted by molar-refractivity contribution is 0.203. The SMILES string of the molecule is CCC(C)N(CCOC)c1ccc(CN)cc1. The van der Waals surface area contributed by atoms with Crippen LogP contribution >= 0.6 is 0 Å². The summed E-state index contributed by atoms with van der Waals surface area (Å²) in [6.45, 7) is 6.73. The first kappa shape index (κ1) is 14.0. The van der Waals surface area contributed by atoms with Crippen molar-refractivity contribution in [1.82, 2.24) is 0 Å². The van der Waals surface area contributed by atoms with Gasteiger partial charge in [0.25, 0.3) is 0 Å². The van der Waals surface area contributed by atoms with Crippen molar-refractivity contribution in [1.29, 1.82) is 0 Å². The summed E-state index contributed by atoms with van der Waals surface area (Å²) in [5.41, 5.74) is 8.02. The maximum Gasteiger partial charge on any atom is 0.0637 e. The molecule has 0 radical (unpaired) electrons. The van der Waals surface area contributed by atoms with E-state index in [0.717, 1.165) is 19.6 Å². The third-order valence-electron chi connectivity index (χ3n) is 3.16. The van der Waals surface area contributed by atoms with Gasteiger partial charge in [-0.1, -0.05) is 19.1 Å². The van der Waals surface area contributed by atoms with Gasteiger partial charge in [0.05, 0.1) is 6.61 Å². The molecule has 1 aromatic carbocycles. The van der Waals surface area contributed by atoms with E-state index in [2.05, 4.69) is 43.0 Å². The van der Waals surface area contributed by atoms with Gasteiger partial charge in [-0.05, 0) is 31.0 Å². The lowest BCUT2D eigenvalue weighted by Gasteiger charge is -2.30. The normalized spacial score (nSPS) is 12.5. The molecule has 0 saturated heterocycles. The van der Waals surface area contributed by atoms with Gasteiger partial charge in [0.2, 0.25) is 0 Å². The summed E-state index contributed by atoms with van der Waals surface area (Å²) in [5.74, 6) is 0. The van der Waals surface area contributed by atoms with Crippen molar-refractivity contribution in [3.63, 3.8) is 0 Å². The number of methoxy groups -OCH3 is 1. The summed E-state index contributed by atoms with van der Waals surface area (Å²) in [7, 11) is 1.74. The Balaban J connectivity index is 2.79. The van der Waals surface area contributed by atoms with Crippen molar-refractivity contribution in [3.05, 3.63) is 29.8 Å². The standard InChI is InChI=1S/C14H24N2O/c1-4-12(2)16(9-10-17-3)14-7-5-13(11-15)6-8-14/h5-8,12H,4,9-11,15H2,1-3H3. The highest BCUT2D eigenvalue weighted by Gasteiger charge is 2.12. The van der Waals surface area contributed by atoms with Gasteiger partial charge in [0, 0.05) is 31.9 Å². The van der Waals surface area contributed by atoms with Gasteiger partial charge < -0.3 is 15.4 Å². The lowest BCUT2D eigenvalue weighted by Crippen LogP contribution is -2.35. The van der Waals surface area contributed by atoms with Crippen LogP contribution in [0.1, 0.15) is 25.8 Å². The fraction of sp³-hybridized carbons (Fsp3) is 0.571. The van der Waals surface area contributed by atoms with Crippen molar-refractivity contribution in [2.24, 2.45) is 5.73 Å². The number of anilines is 1. The Bertz CT molecular complexity index is 311. The van der Waals surface area contributed by atoms with Crippen LogP contribution in [0.15, 0.2) is 24.3 Å². The molecule has 1 aromatic rings. The van der Waals surface area contributed by atoms with E-state index in [1.165, 1.54) is 11.3 Å². The number of ether oxygens (including phenoxy) is 1. The molecule has 0 bridgehead atoms. The van der Waals surface area contributed by atoms with Crippen molar-refractivity contribution < 1.29 is 4.74 Å². The second-order valence-corrected chi connectivity index (χ2v) is 4.31. The second-order valence-electron chi connectivity index (χ2n) is 4.31. The predicted molar refractivity (Wildman–Crippen MR) is 73.3 cm³/mol. The molecule has 2 N–H and O–H groups in total. The van der Waals surface area contributed by atoms with Crippen LogP contribution in [0.2, 0.25) is 0 Å². The monoisotopic (exact) mass is 236 g/mol. The maximum atomic E-state index is 5.61. The van der Waals surface area contributed by atoms with E-state index in [1.807, 2.05) is 0 Å². The molecule has 3 heteroatoms. The zero-order valence-corrected chi connectivity index (χ0v) is 11.1. The van der Waals surface area contributed by atoms with Crippen LogP contribution in [-0.2, 0) is 11.3 Å². The van der Waals surface area contributed by atoms with Gasteiger partial charge in [-0.3, -0.25) is 0 Å². The molecule has 0 saturated carbocycles.